The van der Waals surface area contributed by atoms with Gasteiger partial charge in [-0.05, 0) is 117 Å². The van der Waals surface area contributed by atoms with Crippen molar-refractivity contribution < 1.29 is 5.11 Å². The first-order valence-corrected chi connectivity index (χ1v) is 11.1. The van der Waals surface area contributed by atoms with Crippen molar-refractivity contribution >= 4 is 0 Å². The van der Waals surface area contributed by atoms with E-state index in [0.717, 1.165) is 42.4 Å². The maximum atomic E-state index is 10.2. The molecular weight excluding hydrogens is 306 g/mol. The van der Waals surface area contributed by atoms with Gasteiger partial charge in [0.25, 0.3) is 0 Å². The van der Waals surface area contributed by atoms with Crippen molar-refractivity contribution in [1.29, 1.82) is 5.26 Å². The third-order valence-electron chi connectivity index (χ3n) is 10.2. The van der Waals surface area contributed by atoms with Crippen LogP contribution in [-0.2, 0) is 0 Å². The molecule has 0 heterocycles. The second-order valence-corrected chi connectivity index (χ2v) is 10.7. The summed E-state index contributed by atoms with van der Waals surface area (Å²) in [7, 11) is 0. The zero-order valence-electron chi connectivity index (χ0n) is 15.9. The molecule has 0 bridgehead atoms. The Kier molecular flexibility index (Phi) is 3.80. The normalized spacial score (nSPS) is 57.6. The van der Waals surface area contributed by atoms with Gasteiger partial charge in [-0.25, -0.2) is 0 Å². The summed E-state index contributed by atoms with van der Waals surface area (Å²) in [5, 5.41) is 19.8. The van der Waals surface area contributed by atoms with E-state index in [2.05, 4.69) is 13.0 Å². The molecule has 0 aromatic heterocycles. The SMILES string of the molecule is C[C@]12CC[C@@H](O)C[C@@H]1CCC1C3CC[C@@H]4CC[C@H](C#N)C[C@]34CCC12. The first kappa shape index (κ1) is 16.6. The van der Waals surface area contributed by atoms with Crippen LogP contribution in [0.5, 0.6) is 0 Å². The van der Waals surface area contributed by atoms with E-state index in [9.17, 15) is 10.4 Å². The Morgan fingerprint density at radius 1 is 0.880 bits per heavy atom. The largest absolute Gasteiger partial charge is 0.393 e. The fourth-order valence-corrected chi connectivity index (χ4v) is 9.08. The summed E-state index contributed by atoms with van der Waals surface area (Å²) in [5.41, 5.74) is 1.03. The van der Waals surface area contributed by atoms with Crippen LogP contribution in [0.2, 0.25) is 0 Å². The van der Waals surface area contributed by atoms with Gasteiger partial charge in [-0.1, -0.05) is 6.92 Å². The van der Waals surface area contributed by atoms with Crippen LogP contribution >= 0.6 is 0 Å². The summed E-state index contributed by atoms with van der Waals surface area (Å²) in [5.74, 6) is 4.77. The number of nitriles is 1. The van der Waals surface area contributed by atoms with Crippen molar-refractivity contribution in [2.45, 2.75) is 90.1 Å². The number of aliphatic hydroxyl groups excluding tert-OH is 1. The summed E-state index contributed by atoms with van der Waals surface area (Å²) in [6.07, 6.45) is 15.5. The molecule has 0 amide bonds. The van der Waals surface area contributed by atoms with Gasteiger partial charge in [0, 0.05) is 5.92 Å². The lowest BCUT2D eigenvalue weighted by atomic mass is 9.43. The van der Waals surface area contributed by atoms with Crippen molar-refractivity contribution in [3.63, 3.8) is 0 Å². The number of nitrogens with zero attached hydrogens (tertiary/aromatic N) is 1. The Bertz CT molecular complexity index is 581. The smallest absolute Gasteiger partial charge is 0.0656 e. The van der Waals surface area contributed by atoms with E-state index in [1.54, 1.807) is 0 Å². The van der Waals surface area contributed by atoms with Crippen molar-refractivity contribution in [1.82, 2.24) is 0 Å². The Morgan fingerprint density at radius 2 is 1.68 bits per heavy atom. The fraction of sp³-hybridized carbons (Fsp3) is 0.957. The lowest BCUT2D eigenvalue weighted by Crippen LogP contribution is -2.55. The fourth-order valence-electron chi connectivity index (χ4n) is 9.08. The number of fused-ring (bicyclic) bond motifs is 4. The van der Waals surface area contributed by atoms with Crippen LogP contribution in [0.4, 0.5) is 0 Å². The molecule has 5 fully saturated rings. The summed E-state index contributed by atoms with van der Waals surface area (Å²) in [6, 6.07) is 2.65. The highest BCUT2D eigenvalue weighted by Crippen LogP contribution is 2.70. The van der Waals surface area contributed by atoms with Crippen LogP contribution in [0, 0.1) is 57.7 Å². The number of hydrogen-bond donors (Lipinski definition) is 1. The zero-order chi connectivity index (χ0) is 17.2. The number of hydrogen-bond acceptors (Lipinski definition) is 2. The molecule has 138 valence electrons. The van der Waals surface area contributed by atoms with Crippen molar-refractivity contribution in [3.05, 3.63) is 0 Å². The molecule has 1 N–H and O–H groups in total. The Labute approximate surface area is 153 Å². The highest BCUT2D eigenvalue weighted by Gasteiger charge is 2.62. The number of aliphatic hydroxyl groups is 1. The van der Waals surface area contributed by atoms with Gasteiger partial charge in [0.2, 0.25) is 0 Å². The molecule has 2 heteroatoms. The molecule has 0 saturated heterocycles. The highest BCUT2D eigenvalue weighted by molar-refractivity contribution is 5.13. The standard InChI is InChI=1S/C23H35NO/c1-22-10-8-18(25)12-17(22)4-6-19-20(22)9-11-23-13-15(14-24)2-3-16(23)5-7-21(19)23/h15-21,25H,2-13H2,1H3/t15-,16-,17-,18+,19?,20?,21?,22-,23-/m0/s1. The van der Waals surface area contributed by atoms with Gasteiger partial charge in [0.1, 0.15) is 0 Å². The van der Waals surface area contributed by atoms with E-state index < -0.39 is 0 Å². The second-order valence-electron chi connectivity index (χ2n) is 10.7. The van der Waals surface area contributed by atoms with Crippen LogP contribution in [-0.4, -0.2) is 11.2 Å². The molecule has 0 aliphatic heterocycles. The molecule has 5 aliphatic carbocycles. The molecule has 25 heavy (non-hydrogen) atoms. The average molecular weight is 342 g/mol. The molecule has 3 unspecified atom stereocenters. The predicted octanol–water partition coefficient (Wildman–Crippen LogP) is 5.31. The zero-order valence-corrected chi connectivity index (χ0v) is 15.9. The van der Waals surface area contributed by atoms with Gasteiger partial charge < -0.3 is 5.11 Å². The van der Waals surface area contributed by atoms with Crippen molar-refractivity contribution in [2.75, 3.05) is 0 Å². The Morgan fingerprint density at radius 3 is 2.52 bits per heavy atom. The van der Waals surface area contributed by atoms with Crippen molar-refractivity contribution in [3.8, 4) is 6.07 Å². The monoisotopic (exact) mass is 341 g/mol. The molecule has 5 rings (SSSR count). The van der Waals surface area contributed by atoms with Crippen LogP contribution in [0.25, 0.3) is 0 Å². The Balaban J connectivity index is 1.44. The summed E-state index contributed by atoms with van der Waals surface area (Å²) in [4.78, 5) is 0. The predicted molar refractivity (Wildman–Crippen MR) is 98.5 cm³/mol. The van der Waals surface area contributed by atoms with E-state index in [0.29, 0.717) is 16.7 Å². The third-order valence-corrected chi connectivity index (χ3v) is 10.2. The molecule has 1 spiro atoms. The second kappa shape index (κ2) is 5.72. The molecule has 5 aliphatic rings. The molecule has 0 aromatic carbocycles. The molecule has 2 nitrogen and oxygen atoms in total. The maximum absolute atomic E-state index is 10.2. The van der Waals surface area contributed by atoms with E-state index in [4.69, 9.17) is 0 Å². The molecular formula is C23H35NO. The van der Waals surface area contributed by atoms with E-state index in [1.807, 2.05) is 0 Å². The first-order valence-electron chi connectivity index (χ1n) is 11.1. The average Bonchev–Trinajstić information content (AvgIpc) is 3.01. The topological polar surface area (TPSA) is 44.0 Å². The minimum atomic E-state index is -0.0323. The van der Waals surface area contributed by atoms with Gasteiger partial charge in [-0.2, -0.15) is 5.26 Å². The van der Waals surface area contributed by atoms with Crippen LogP contribution in [0.15, 0.2) is 0 Å². The van der Waals surface area contributed by atoms with Crippen molar-refractivity contribution in [2.24, 2.45) is 46.3 Å². The summed E-state index contributed by atoms with van der Waals surface area (Å²) in [6.45, 7) is 2.59. The molecule has 0 radical (unpaired) electrons. The van der Waals surface area contributed by atoms with E-state index >= 15 is 0 Å². The minimum absolute atomic E-state index is 0.0323. The Hall–Kier alpha value is -0.550. The van der Waals surface area contributed by atoms with Crippen LogP contribution < -0.4 is 0 Å². The molecule has 5 saturated carbocycles. The minimum Gasteiger partial charge on any atom is -0.393 e. The maximum Gasteiger partial charge on any atom is 0.0656 e. The summed E-state index contributed by atoms with van der Waals surface area (Å²) < 4.78 is 0. The summed E-state index contributed by atoms with van der Waals surface area (Å²) >= 11 is 0. The van der Waals surface area contributed by atoms with E-state index in [1.165, 1.54) is 64.2 Å². The molecule has 9 atom stereocenters. The lowest BCUT2D eigenvalue weighted by Gasteiger charge is -2.62. The highest BCUT2D eigenvalue weighted by atomic mass is 16.3. The van der Waals surface area contributed by atoms with Gasteiger partial charge >= 0.3 is 0 Å². The van der Waals surface area contributed by atoms with E-state index in [-0.39, 0.29) is 6.10 Å². The van der Waals surface area contributed by atoms with Gasteiger partial charge in [-0.15, -0.1) is 0 Å². The molecule has 0 aromatic rings. The lowest BCUT2D eigenvalue weighted by molar-refractivity contribution is -0.138. The van der Waals surface area contributed by atoms with Crippen LogP contribution in [0.3, 0.4) is 0 Å². The third kappa shape index (κ3) is 2.24. The van der Waals surface area contributed by atoms with Gasteiger partial charge in [0.15, 0.2) is 0 Å². The quantitative estimate of drug-likeness (QED) is 0.649. The first-order chi connectivity index (χ1) is 12.1. The number of rotatable bonds is 0. The van der Waals surface area contributed by atoms with Crippen LogP contribution in [0.1, 0.15) is 84.0 Å². The van der Waals surface area contributed by atoms with Gasteiger partial charge in [0.05, 0.1) is 12.2 Å². The van der Waals surface area contributed by atoms with Gasteiger partial charge in [-0.3, -0.25) is 0 Å².